The molecule has 1 aromatic heterocycles. The molecule has 0 saturated heterocycles. The second kappa shape index (κ2) is 18.0. The number of rotatable bonds is 13. The van der Waals surface area contributed by atoms with Gasteiger partial charge in [0.2, 0.25) is 17.4 Å². The third-order valence-electron chi connectivity index (χ3n) is 11.0. The summed E-state index contributed by atoms with van der Waals surface area (Å²) in [6, 6.07) is 13.0. The van der Waals surface area contributed by atoms with Crippen molar-refractivity contribution in [1.29, 1.82) is 0 Å². The molecule has 5 unspecified atom stereocenters. The number of fused-ring (bicyclic) bond motifs is 4. The van der Waals surface area contributed by atoms with Gasteiger partial charge in [0.25, 0.3) is 0 Å². The van der Waals surface area contributed by atoms with Gasteiger partial charge < -0.3 is 35.7 Å². The number of pyridine rings is 1. The van der Waals surface area contributed by atoms with E-state index >= 15 is 0 Å². The lowest BCUT2D eigenvalue weighted by Gasteiger charge is -2.28. The number of aromatic nitrogens is 1. The van der Waals surface area contributed by atoms with Crippen molar-refractivity contribution < 1.29 is 28.7 Å². The molecule has 6 rings (SSSR count). The average Bonchev–Trinajstić information content (AvgIpc) is 3.47. The van der Waals surface area contributed by atoms with Crippen LogP contribution >= 0.6 is 0 Å². The van der Waals surface area contributed by atoms with Crippen LogP contribution in [0.2, 0.25) is 0 Å². The molecule has 56 heavy (non-hydrogen) atoms. The van der Waals surface area contributed by atoms with Gasteiger partial charge in [0.1, 0.15) is 24.3 Å². The van der Waals surface area contributed by atoms with Crippen LogP contribution in [0.15, 0.2) is 77.6 Å². The van der Waals surface area contributed by atoms with Crippen LogP contribution in [0.1, 0.15) is 101 Å². The maximum absolute atomic E-state index is 14.2. The standard InChI is InChI=1S/C44H55N5O7/c1-27-23-39(50)47-37-25-29(20-21-30(27)37)46-40(51)36(19-12-22-45-42(53)56-44(2,3)4)48-41(52)38(24-28-13-6-5-7-14-28)49-43(54)55-26-35-33-17-10-8-15-31(33)32-16-9-11-18-34(32)35/h8-11,15-18,20-21,23,25,28,31,33,35-36,38H,5-7,12-14,19,22,24,26H2,1-4H3,(H,45,53)(H,46,51)(H,47,50)(H,48,52)(H,49,54). The molecule has 3 aliphatic rings. The van der Waals surface area contributed by atoms with Crippen molar-refractivity contribution in [3.8, 4) is 0 Å². The first kappa shape index (κ1) is 40.3. The number of anilines is 1. The average molecular weight is 766 g/mol. The molecular formula is C44H55N5O7. The number of amides is 4. The first-order valence-corrected chi connectivity index (χ1v) is 19.9. The quantitative estimate of drug-likeness (QED) is 0.114. The van der Waals surface area contributed by atoms with Gasteiger partial charge in [0.15, 0.2) is 0 Å². The highest BCUT2D eigenvalue weighted by Gasteiger charge is 2.39. The monoisotopic (exact) mass is 765 g/mol. The zero-order valence-corrected chi connectivity index (χ0v) is 32.8. The fraction of sp³-hybridized carbons (Fsp3) is 0.477. The molecule has 3 aromatic rings. The molecule has 3 aliphatic carbocycles. The molecule has 298 valence electrons. The lowest BCUT2D eigenvalue weighted by Crippen LogP contribution is -2.53. The summed E-state index contributed by atoms with van der Waals surface area (Å²) in [6.45, 7) is 7.52. The number of hydrogen-bond donors (Lipinski definition) is 5. The van der Waals surface area contributed by atoms with Crippen LogP contribution in [-0.4, -0.2) is 59.8 Å². The fourth-order valence-electron chi connectivity index (χ4n) is 8.31. The maximum atomic E-state index is 14.2. The molecule has 0 radical (unpaired) electrons. The number of alkyl carbamates (subject to hydrolysis) is 2. The fourth-order valence-corrected chi connectivity index (χ4v) is 8.31. The zero-order chi connectivity index (χ0) is 39.8. The van der Waals surface area contributed by atoms with Crippen LogP contribution in [0.3, 0.4) is 0 Å². The number of H-pyrrole nitrogens is 1. The molecule has 4 amide bonds. The van der Waals surface area contributed by atoms with Gasteiger partial charge in [-0.05, 0) is 87.6 Å². The predicted octanol–water partition coefficient (Wildman–Crippen LogP) is 7.25. The van der Waals surface area contributed by atoms with Crippen LogP contribution in [-0.2, 0) is 19.1 Å². The van der Waals surface area contributed by atoms with Gasteiger partial charge in [-0.1, -0.05) is 86.7 Å². The minimum absolute atomic E-state index is 0.0204. The molecule has 5 atom stereocenters. The van der Waals surface area contributed by atoms with Crippen LogP contribution in [0, 0.1) is 18.8 Å². The van der Waals surface area contributed by atoms with Gasteiger partial charge in [0, 0.05) is 35.5 Å². The van der Waals surface area contributed by atoms with Gasteiger partial charge in [-0.2, -0.15) is 0 Å². The number of ether oxygens (including phenoxy) is 2. The highest BCUT2D eigenvalue weighted by molar-refractivity contribution is 5.99. The maximum Gasteiger partial charge on any atom is 0.407 e. The minimum atomic E-state index is -1.01. The Morgan fingerprint density at radius 3 is 2.39 bits per heavy atom. The Hall–Kier alpha value is -5.39. The number of carbonyl (C=O) groups is 4. The van der Waals surface area contributed by atoms with Crippen molar-refractivity contribution >= 4 is 40.6 Å². The number of nitrogens with one attached hydrogen (secondary N) is 5. The highest BCUT2D eigenvalue weighted by Crippen LogP contribution is 2.49. The van der Waals surface area contributed by atoms with E-state index in [1.54, 1.807) is 32.9 Å². The van der Waals surface area contributed by atoms with E-state index in [1.165, 1.54) is 11.6 Å². The Balaban J connectivity index is 1.15. The summed E-state index contributed by atoms with van der Waals surface area (Å²) >= 11 is 0. The lowest BCUT2D eigenvalue weighted by molar-refractivity contribution is -0.128. The summed E-state index contributed by atoms with van der Waals surface area (Å²) in [6.07, 6.45) is 13.3. The van der Waals surface area contributed by atoms with E-state index in [9.17, 15) is 24.0 Å². The van der Waals surface area contributed by atoms with Gasteiger partial charge in [-0.25, -0.2) is 9.59 Å². The number of allylic oxidation sites excluding steroid dienone is 4. The second-order valence-corrected chi connectivity index (χ2v) is 16.3. The first-order valence-electron chi connectivity index (χ1n) is 19.9. The van der Waals surface area contributed by atoms with Crippen LogP contribution in [0.5, 0.6) is 0 Å². The molecule has 1 heterocycles. The minimum Gasteiger partial charge on any atom is -0.449 e. The van der Waals surface area contributed by atoms with Crippen molar-refractivity contribution in [3.63, 3.8) is 0 Å². The van der Waals surface area contributed by atoms with Gasteiger partial charge in [-0.15, -0.1) is 0 Å². The Kier molecular flexibility index (Phi) is 13.0. The normalized spacial score (nSPS) is 20.0. The van der Waals surface area contributed by atoms with E-state index in [0.29, 0.717) is 24.0 Å². The number of hydrogen-bond acceptors (Lipinski definition) is 7. The van der Waals surface area contributed by atoms with E-state index in [-0.39, 0.29) is 48.8 Å². The Bertz CT molecular complexity index is 2030. The van der Waals surface area contributed by atoms with E-state index in [1.807, 2.05) is 31.2 Å². The van der Waals surface area contributed by atoms with E-state index in [2.05, 4.69) is 56.6 Å². The molecule has 1 fully saturated rings. The molecule has 12 heteroatoms. The van der Waals surface area contributed by atoms with Gasteiger partial charge >= 0.3 is 12.2 Å². The van der Waals surface area contributed by atoms with Crippen molar-refractivity contribution in [2.45, 2.75) is 109 Å². The van der Waals surface area contributed by atoms with Crippen LogP contribution < -0.4 is 26.8 Å². The van der Waals surface area contributed by atoms with Crippen molar-refractivity contribution in [2.75, 3.05) is 18.5 Å². The number of benzene rings is 2. The summed E-state index contributed by atoms with van der Waals surface area (Å²) in [5, 5.41) is 12.2. The lowest BCUT2D eigenvalue weighted by atomic mass is 9.84. The van der Waals surface area contributed by atoms with Gasteiger partial charge in [0.05, 0.1) is 5.52 Å². The number of aromatic amines is 1. The molecule has 0 aliphatic heterocycles. The van der Waals surface area contributed by atoms with Crippen molar-refractivity contribution in [2.24, 2.45) is 11.8 Å². The molecule has 5 N–H and O–H groups in total. The van der Waals surface area contributed by atoms with Crippen molar-refractivity contribution in [1.82, 2.24) is 20.9 Å². The Morgan fingerprint density at radius 1 is 0.875 bits per heavy atom. The van der Waals surface area contributed by atoms with E-state index in [4.69, 9.17) is 9.47 Å². The molecule has 1 saturated carbocycles. The topological polar surface area (TPSA) is 168 Å². The second-order valence-electron chi connectivity index (χ2n) is 16.3. The largest absolute Gasteiger partial charge is 0.449 e. The smallest absolute Gasteiger partial charge is 0.407 e. The molecule has 12 nitrogen and oxygen atoms in total. The Morgan fingerprint density at radius 2 is 1.62 bits per heavy atom. The van der Waals surface area contributed by atoms with E-state index < -0.39 is 41.7 Å². The van der Waals surface area contributed by atoms with Gasteiger partial charge in [-0.3, -0.25) is 14.4 Å². The molecule has 0 bridgehead atoms. The Labute approximate surface area is 328 Å². The third-order valence-corrected chi connectivity index (χ3v) is 11.0. The number of carbonyl (C=O) groups excluding carboxylic acids is 4. The first-order chi connectivity index (χ1) is 26.8. The SMILES string of the molecule is Cc1cc(=O)[nH]c2cc(NC(=O)C(CCCNC(=O)OC(C)(C)C)NC(=O)C(CC3CCCCC3)NC(=O)OCC3c4ccccc4C4C=CC=CC43)ccc12. The van der Waals surface area contributed by atoms with Crippen molar-refractivity contribution in [3.05, 3.63) is 99.9 Å². The third kappa shape index (κ3) is 10.5. The predicted molar refractivity (Wildman–Crippen MR) is 216 cm³/mol. The molecule has 0 spiro atoms. The molecule has 2 aromatic carbocycles. The summed E-state index contributed by atoms with van der Waals surface area (Å²) in [4.78, 5) is 68.9. The summed E-state index contributed by atoms with van der Waals surface area (Å²) < 4.78 is 11.2. The van der Waals surface area contributed by atoms with Crippen LogP contribution in [0.25, 0.3) is 10.9 Å². The molecular weight excluding hydrogens is 711 g/mol. The summed E-state index contributed by atoms with van der Waals surface area (Å²) in [5.41, 5.74) is 3.28. The summed E-state index contributed by atoms with van der Waals surface area (Å²) in [7, 11) is 0. The zero-order valence-electron chi connectivity index (χ0n) is 32.8. The van der Waals surface area contributed by atoms with E-state index in [0.717, 1.165) is 48.6 Å². The summed E-state index contributed by atoms with van der Waals surface area (Å²) in [5.74, 6) is -0.364. The highest BCUT2D eigenvalue weighted by atomic mass is 16.6. The number of aryl methyl sites for hydroxylation is 1. The van der Waals surface area contributed by atoms with Crippen LogP contribution in [0.4, 0.5) is 15.3 Å².